The van der Waals surface area contributed by atoms with Gasteiger partial charge in [0.1, 0.15) is 6.04 Å². The largest absolute Gasteiger partial charge is 0.274 e. The summed E-state index contributed by atoms with van der Waals surface area (Å²) in [4.78, 5) is 28.1. The van der Waals surface area contributed by atoms with Crippen LogP contribution in [0.5, 0.6) is 0 Å². The van der Waals surface area contributed by atoms with Crippen molar-refractivity contribution in [2.75, 3.05) is 18.0 Å². The van der Waals surface area contributed by atoms with E-state index in [2.05, 4.69) is 57.1 Å². The van der Waals surface area contributed by atoms with Crippen LogP contribution >= 0.6 is 15.9 Å². The summed E-state index contributed by atoms with van der Waals surface area (Å²) in [6.45, 7) is 3.78. The van der Waals surface area contributed by atoms with Gasteiger partial charge in [0.25, 0.3) is 5.91 Å². The van der Waals surface area contributed by atoms with E-state index in [-0.39, 0.29) is 23.8 Å². The lowest BCUT2D eigenvalue weighted by Crippen LogP contribution is -2.44. The van der Waals surface area contributed by atoms with Crippen molar-refractivity contribution in [1.82, 2.24) is 10.0 Å². The van der Waals surface area contributed by atoms with Gasteiger partial charge in [-0.15, -0.1) is 0 Å². The third kappa shape index (κ3) is 2.51. The second kappa shape index (κ2) is 6.26. The number of nitrogens with zero attached hydrogens (tertiary/aromatic N) is 3. The molecule has 0 saturated carbocycles. The summed E-state index contributed by atoms with van der Waals surface area (Å²) in [5, 5.41) is 4.38. The van der Waals surface area contributed by atoms with Crippen molar-refractivity contribution in [2.24, 2.45) is 5.92 Å². The molecule has 3 heterocycles. The van der Waals surface area contributed by atoms with Gasteiger partial charge in [0.2, 0.25) is 5.91 Å². The second-order valence-corrected chi connectivity index (χ2v) is 8.41. The average Bonchev–Trinajstić information content (AvgIpc) is 3.28. The molecular formula is C21H20BrN3O2. The zero-order valence-electron chi connectivity index (χ0n) is 15.0. The summed E-state index contributed by atoms with van der Waals surface area (Å²) in [6.07, 6.45) is 1.02. The molecule has 5 nitrogen and oxygen atoms in total. The van der Waals surface area contributed by atoms with Gasteiger partial charge in [0, 0.05) is 17.6 Å². The van der Waals surface area contributed by atoms with E-state index >= 15 is 0 Å². The van der Waals surface area contributed by atoms with Crippen molar-refractivity contribution in [3.63, 3.8) is 0 Å². The smallest absolute Gasteiger partial charge is 0.253 e. The molecule has 6 heteroatoms. The van der Waals surface area contributed by atoms with E-state index in [1.54, 1.807) is 0 Å². The van der Waals surface area contributed by atoms with E-state index in [1.807, 2.05) is 24.3 Å². The number of amides is 2. The maximum Gasteiger partial charge on any atom is 0.253 e. The Morgan fingerprint density at radius 3 is 2.33 bits per heavy atom. The molecule has 0 aliphatic carbocycles. The topological polar surface area (TPSA) is 43.9 Å². The number of aryl methyl sites for hydroxylation is 1. The van der Waals surface area contributed by atoms with Crippen molar-refractivity contribution in [3.05, 3.63) is 64.1 Å². The second-order valence-electron chi connectivity index (χ2n) is 7.50. The predicted molar refractivity (Wildman–Crippen MR) is 106 cm³/mol. The van der Waals surface area contributed by atoms with Gasteiger partial charge in [-0.1, -0.05) is 51.8 Å². The fraction of sp³-hybridized carbons (Fsp3) is 0.333. The van der Waals surface area contributed by atoms with Gasteiger partial charge in [0.05, 0.1) is 17.6 Å². The van der Waals surface area contributed by atoms with Gasteiger partial charge in [0.15, 0.2) is 0 Å². The molecule has 27 heavy (non-hydrogen) atoms. The quantitative estimate of drug-likeness (QED) is 0.692. The minimum Gasteiger partial charge on any atom is -0.274 e. The summed E-state index contributed by atoms with van der Waals surface area (Å²) in [7, 11) is 0. The van der Waals surface area contributed by atoms with Crippen LogP contribution in [-0.4, -0.2) is 41.0 Å². The summed E-state index contributed by atoms with van der Waals surface area (Å²) >= 11 is 3.44. The van der Waals surface area contributed by atoms with Gasteiger partial charge in [-0.05, 0) is 37.1 Å². The van der Waals surface area contributed by atoms with Gasteiger partial charge in [-0.25, -0.2) is 14.9 Å². The van der Waals surface area contributed by atoms with Crippen molar-refractivity contribution < 1.29 is 9.59 Å². The highest BCUT2D eigenvalue weighted by Crippen LogP contribution is 2.49. The summed E-state index contributed by atoms with van der Waals surface area (Å²) < 4.78 is 0.857. The predicted octanol–water partition coefficient (Wildman–Crippen LogP) is 3.29. The number of hydrogen-bond acceptors (Lipinski definition) is 4. The number of anilines is 1. The van der Waals surface area contributed by atoms with Crippen molar-refractivity contribution >= 4 is 33.4 Å². The number of hydrogen-bond donors (Lipinski definition) is 0. The third-order valence-corrected chi connectivity index (χ3v) is 6.38. The van der Waals surface area contributed by atoms with Crippen LogP contribution in [0.1, 0.15) is 23.6 Å². The molecule has 5 rings (SSSR count). The van der Waals surface area contributed by atoms with Crippen LogP contribution in [0.3, 0.4) is 0 Å². The lowest BCUT2D eigenvalue weighted by atomic mass is 9.89. The molecule has 0 bridgehead atoms. The molecule has 0 aromatic heterocycles. The van der Waals surface area contributed by atoms with Crippen LogP contribution in [0.2, 0.25) is 0 Å². The Labute approximate surface area is 166 Å². The lowest BCUT2D eigenvalue weighted by Gasteiger charge is -2.29. The van der Waals surface area contributed by atoms with Gasteiger partial charge in [-0.3, -0.25) is 9.59 Å². The molecule has 138 valence electrons. The van der Waals surface area contributed by atoms with E-state index < -0.39 is 6.04 Å². The van der Waals surface area contributed by atoms with Crippen LogP contribution in [0.25, 0.3) is 0 Å². The van der Waals surface area contributed by atoms with Crippen LogP contribution in [0, 0.1) is 12.8 Å². The summed E-state index contributed by atoms with van der Waals surface area (Å²) in [5.74, 6) is -0.563. The monoisotopic (exact) mass is 425 g/mol. The molecule has 3 aliphatic rings. The molecule has 2 aromatic carbocycles. The Morgan fingerprint density at radius 1 is 0.926 bits per heavy atom. The first kappa shape index (κ1) is 17.1. The fourth-order valence-corrected chi connectivity index (χ4v) is 5.13. The summed E-state index contributed by atoms with van der Waals surface area (Å²) in [5.41, 5.74) is 2.94. The third-order valence-electron chi connectivity index (χ3n) is 5.89. The van der Waals surface area contributed by atoms with Crippen molar-refractivity contribution in [1.29, 1.82) is 0 Å². The molecule has 2 amide bonds. The van der Waals surface area contributed by atoms with E-state index in [9.17, 15) is 9.59 Å². The van der Waals surface area contributed by atoms with E-state index in [0.29, 0.717) is 5.69 Å². The number of carbonyl (C=O) groups is 2. The highest BCUT2D eigenvalue weighted by atomic mass is 79.9. The van der Waals surface area contributed by atoms with Gasteiger partial charge < -0.3 is 0 Å². The number of hydrazine groups is 1. The Bertz CT molecular complexity index is 929. The SMILES string of the molecule is Cc1ccc(C2C3C(=O)N(c4cccc(Br)c4)C(=O)C3N3CCCN23)cc1. The first-order chi connectivity index (χ1) is 13.1. The molecule has 3 unspecified atom stereocenters. The number of rotatable bonds is 2. The number of imide groups is 1. The minimum absolute atomic E-state index is 0.0771. The van der Waals surface area contributed by atoms with Crippen LogP contribution in [0.15, 0.2) is 53.0 Å². The molecule has 0 N–H and O–H groups in total. The Balaban J connectivity index is 1.59. The first-order valence-electron chi connectivity index (χ1n) is 9.29. The molecule has 0 spiro atoms. The van der Waals surface area contributed by atoms with Crippen LogP contribution in [-0.2, 0) is 9.59 Å². The summed E-state index contributed by atoms with van der Waals surface area (Å²) in [6, 6.07) is 15.3. The number of fused-ring (bicyclic) bond motifs is 3. The lowest BCUT2D eigenvalue weighted by molar-refractivity contribution is -0.126. The first-order valence-corrected chi connectivity index (χ1v) is 10.1. The standard InChI is InChI=1S/C21H20BrN3O2/c1-13-6-8-14(9-7-13)18-17-19(24-11-3-10-23(18)24)21(27)25(20(17)26)16-5-2-4-15(22)12-16/h2,4-9,12,17-19H,3,10-11H2,1H3. The molecule has 3 saturated heterocycles. The van der Waals surface area contributed by atoms with Crippen molar-refractivity contribution in [3.8, 4) is 0 Å². The fourth-order valence-electron chi connectivity index (χ4n) is 4.75. The van der Waals surface area contributed by atoms with Crippen LogP contribution in [0.4, 0.5) is 5.69 Å². The zero-order chi connectivity index (χ0) is 18.7. The Hall–Kier alpha value is -2.02. The normalized spacial score (nSPS) is 28.1. The highest BCUT2D eigenvalue weighted by molar-refractivity contribution is 9.10. The molecule has 3 fully saturated rings. The molecule has 2 aromatic rings. The van der Waals surface area contributed by atoms with E-state index in [4.69, 9.17) is 0 Å². The number of benzene rings is 2. The number of carbonyl (C=O) groups excluding carboxylic acids is 2. The Morgan fingerprint density at radius 2 is 1.63 bits per heavy atom. The molecule has 3 aliphatic heterocycles. The molecule has 3 atom stereocenters. The zero-order valence-corrected chi connectivity index (χ0v) is 16.6. The molecular weight excluding hydrogens is 406 g/mol. The maximum atomic E-state index is 13.4. The minimum atomic E-state index is -0.398. The highest BCUT2D eigenvalue weighted by Gasteiger charge is 2.62. The van der Waals surface area contributed by atoms with E-state index in [0.717, 1.165) is 29.5 Å². The maximum absolute atomic E-state index is 13.4. The van der Waals surface area contributed by atoms with Gasteiger partial charge in [-0.2, -0.15) is 0 Å². The Kier molecular flexibility index (Phi) is 3.96. The molecule has 0 radical (unpaired) electrons. The van der Waals surface area contributed by atoms with Crippen LogP contribution < -0.4 is 4.90 Å². The average molecular weight is 426 g/mol. The van der Waals surface area contributed by atoms with Crippen molar-refractivity contribution in [2.45, 2.75) is 25.4 Å². The number of halogens is 1. The van der Waals surface area contributed by atoms with E-state index in [1.165, 1.54) is 10.5 Å². The van der Waals surface area contributed by atoms with Gasteiger partial charge >= 0.3 is 0 Å².